The SMILES string of the molecule is CCC(C)OC(=O)OC(C)CC(c1ccc(OC(=O)OCC(C)C)c(OC(=O)OCC(C)C)c1)[C@H](N)C(=O)O. The highest BCUT2D eigenvalue weighted by atomic mass is 16.7. The average molecular weight is 556 g/mol. The minimum atomic E-state index is -1.41. The van der Waals surface area contributed by atoms with Gasteiger partial charge in [0.05, 0.1) is 13.2 Å². The Kier molecular flexibility index (Phi) is 14.1. The molecule has 1 aromatic rings. The molecule has 39 heavy (non-hydrogen) atoms. The van der Waals surface area contributed by atoms with Crippen molar-refractivity contribution in [1.82, 2.24) is 0 Å². The number of hydrogen-bond donors (Lipinski definition) is 2. The zero-order valence-corrected chi connectivity index (χ0v) is 23.6. The fourth-order valence-electron chi connectivity index (χ4n) is 3.13. The number of ether oxygens (including phenoxy) is 6. The van der Waals surface area contributed by atoms with Crippen molar-refractivity contribution in [2.24, 2.45) is 17.6 Å². The predicted molar refractivity (Wildman–Crippen MR) is 140 cm³/mol. The van der Waals surface area contributed by atoms with E-state index in [0.717, 1.165) is 0 Å². The molecule has 4 atom stereocenters. The molecule has 3 unspecified atom stereocenters. The summed E-state index contributed by atoms with van der Waals surface area (Å²) in [6.07, 6.45) is -3.49. The number of carbonyl (C=O) groups is 4. The number of hydrogen-bond acceptors (Lipinski definition) is 11. The van der Waals surface area contributed by atoms with Crippen LogP contribution in [0.15, 0.2) is 18.2 Å². The fraction of sp³-hybridized carbons (Fsp3) is 0.630. The standard InChI is InChI=1S/C27H41NO11/c1-8-17(6)36-27(33)37-18(7)11-20(23(28)24(29)30)19-9-10-21(38-25(31)34-13-15(2)3)22(12-19)39-26(32)35-14-16(4)5/h9-10,12,15-18,20,23H,8,11,13-14,28H2,1-7H3,(H,29,30)/t17?,18?,20?,23-/m0/s1. The molecule has 220 valence electrons. The molecule has 0 saturated carbocycles. The number of carboxylic acid groups (broad SMARTS) is 1. The molecule has 0 aliphatic carbocycles. The molecule has 0 bridgehead atoms. The van der Waals surface area contributed by atoms with Gasteiger partial charge in [-0.05, 0) is 56.2 Å². The van der Waals surface area contributed by atoms with Crippen LogP contribution in [0.3, 0.4) is 0 Å². The van der Waals surface area contributed by atoms with Crippen LogP contribution in [0, 0.1) is 11.8 Å². The first-order chi connectivity index (χ1) is 18.2. The van der Waals surface area contributed by atoms with E-state index in [2.05, 4.69) is 0 Å². The van der Waals surface area contributed by atoms with Crippen molar-refractivity contribution < 1.29 is 52.7 Å². The van der Waals surface area contributed by atoms with Crippen molar-refractivity contribution >= 4 is 24.4 Å². The van der Waals surface area contributed by atoms with Crippen molar-refractivity contribution in [3.8, 4) is 11.5 Å². The third-order valence-corrected chi connectivity index (χ3v) is 5.33. The average Bonchev–Trinajstić information content (AvgIpc) is 2.85. The van der Waals surface area contributed by atoms with Gasteiger partial charge in [0.2, 0.25) is 0 Å². The number of rotatable bonds is 14. The molecular weight excluding hydrogens is 514 g/mol. The second-order valence-electron chi connectivity index (χ2n) is 10.0. The van der Waals surface area contributed by atoms with E-state index in [9.17, 15) is 24.3 Å². The van der Waals surface area contributed by atoms with E-state index in [1.165, 1.54) is 18.2 Å². The minimum Gasteiger partial charge on any atom is -0.480 e. The van der Waals surface area contributed by atoms with Gasteiger partial charge >= 0.3 is 24.4 Å². The molecule has 0 radical (unpaired) electrons. The Morgan fingerprint density at radius 2 is 1.31 bits per heavy atom. The number of nitrogens with two attached hydrogens (primary N) is 1. The van der Waals surface area contributed by atoms with E-state index >= 15 is 0 Å². The highest BCUT2D eigenvalue weighted by Crippen LogP contribution is 2.35. The summed E-state index contributed by atoms with van der Waals surface area (Å²) in [5, 5.41) is 9.62. The Morgan fingerprint density at radius 3 is 1.79 bits per heavy atom. The second kappa shape index (κ2) is 16.4. The Labute approximate surface area is 229 Å². The van der Waals surface area contributed by atoms with Gasteiger partial charge in [-0.3, -0.25) is 4.79 Å². The normalized spacial score (nSPS) is 14.1. The van der Waals surface area contributed by atoms with E-state index in [0.29, 0.717) is 12.0 Å². The van der Waals surface area contributed by atoms with Crippen molar-refractivity contribution in [2.45, 2.75) is 85.5 Å². The summed E-state index contributed by atoms with van der Waals surface area (Å²) >= 11 is 0. The molecule has 0 spiro atoms. The molecule has 3 N–H and O–H groups in total. The summed E-state index contributed by atoms with van der Waals surface area (Å²) in [5.74, 6) is -2.47. The molecule has 1 rings (SSSR count). The first kappa shape index (κ1) is 33.5. The molecule has 1 aromatic carbocycles. The van der Waals surface area contributed by atoms with Crippen LogP contribution < -0.4 is 15.2 Å². The van der Waals surface area contributed by atoms with Gasteiger partial charge in [0.15, 0.2) is 11.5 Å². The monoisotopic (exact) mass is 555 g/mol. The van der Waals surface area contributed by atoms with Gasteiger partial charge < -0.3 is 39.3 Å². The van der Waals surface area contributed by atoms with Crippen molar-refractivity contribution in [3.63, 3.8) is 0 Å². The molecule has 0 heterocycles. The molecule has 0 fully saturated rings. The van der Waals surface area contributed by atoms with Crippen LogP contribution in [0.4, 0.5) is 14.4 Å². The minimum absolute atomic E-state index is 0.00303. The van der Waals surface area contributed by atoms with E-state index in [1.807, 2.05) is 34.6 Å². The highest BCUT2D eigenvalue weighted by molar-refractivity contribution is 5.75. The Bertz CT molecular complexity index is 963. The van der Waals surface area contributed by atoms with Crippen LogP contribution >= 0.6 is 0 Å². The van der Waals surface area contributed by atoms with Crippen molar-refractivity contribution in [2.75, 3.05) is 13.2 Å². The van der Waals surface area contributed by atoms with E-state index in [4.69, 9.17) is 34.2 Å². The van der Waals surface area contributed by atoms with E-state index < -0.39 is 42.5 Å². The topological polar surface area (TPSA) is 170 Å². The molecule has 0 aliphatic rings. The lowest BCUT2D eigenvalue weighted by Crippen LogP contribution is -2.38. The lowest BCUT2D eigenvalue weighted by Gasteiger charge is -2.25. The molecular formula is C27H41NO11. The first-order valence-corrected chi connectivity index (χ1v) is 12.9. The lowest BCUT2D eigenvalue weighted by atomic mass is 9.87. The third-order valence-electron chi connectivity index (χ3n) is 5.33. The van der Waals surface area contributed by atoms with Crippen LogP contribution in [0.5, 0.6) is 11.5 Å². The molecule has 0 amide bonds. The lowest BCUT2D eigenvalue weighted by molar-refractivity contribution is -0.139. The summed E-state index contributed by atoms with van der Waals surface area (Å²) in [7, 11) is 0. The maximum absolute atomic E-state index is 12.3. The molecule has 0 saturated heterocycles. The van der Waals surface area contributed by atoms with Gasteiger partial charge in [0, 0.05) is 5.92 Å². The number of benzene rings is 1. The Hall–Kier alpha value is -3.54. The van der Waals surface area contributed by atoms with Crippen LogP contribution in [0.1, 0.15) is 72.8 Å². The maximum atomic E-state index is 12.3. The quantitative estimate of drug-likeness (QED) is 0.174. The molecule has 0 aliphatic heterocycles. The number of carbonyl (C=O) groups excluding carboxylic acids is 3. The third kappa shape index (κ3) is 12.7. The van der Waals surface area contributed by atoms with Gasteiger partial charge in [-0.1, -0.05) is 40.7 Å². The molecule has 12 nitrogen and oxygen atoms in total. The largest absolute Gasteiger partial charge is 0.513 e. The van der Waals surface area contributed by atoms with Crippen LogP contribution in [0.25, 0.3) is 0 Å². The van der Waals surface area contributed by atoms with Crippen molar-refractivity contribution in [3.05, 3.63) is 23.8 Å². The Morgan fingerprint density at radius 1 is 0.795 bits per heavy atom. The number of carboxylic acids is 1. The first-order valence-electron chi connectivity index (χ1n) is 12.9. The maximum Gasteiger partial charge on any atom is 0.513 e. The van der Waals surface area contributed by atoms with Crippen LogP contribution in [-0.2, 0) is 23.7 Å². The van der Waals surface area contributed by atoms with Gasteiger partial charge in [0.25, 0.3) is 0 Å². The zero-order chi connectivity index (χ0) is 29.7. The molecule has 0 aromatic heterocycles. The smallest absolute Gasteiger partial charge is 0.480 e. The summed E-state index contributed by atoms with van der Waals surface area (Å²) in [4.78, 5) is 48.3. The van der Waals surface area contributed by atoms with E-state index in [1.54, 1.807) is 13.8 Å². The van der Waals surface area contributed by atoms with Crippen molar-refractivity contribution in [1.29, 1.82) is 0 Å². The summed E-state index contributed by atoms with van der Waals surface area (Å²) in [6.45, 7) is 12.7. The second-order valence-corrected chi connectivity index (χ2v) is 10.0. The summed E-state index contributed by atoms with van der Waals surface area (Å²) < 4.78 is 31.0. The van der Waals surface area contributed by atoms with Gasteiger partial charge in [-0.25, -0.2) is 14.4 Å². The summed E-state index contributed by atoms with van der Waals surface area (Å²) in [6, 6.07) is 2.69. The predicted octanol–water partition coefficient (Wildman–Crippen LogP) is 5.26. The Balaban J connectivity index is 3.28. The molecule has 12 heteroatoms. The van der Waals surface area contributed by atoms with E-state index in [-0.39, 0.29) is 49.1 Å². The van der Waals surface area contributed by atoms with Crippen LogP contribution in [0.2, 0.25) is 0 Å². The zero-order valence-electron chi connectivity index (χ0n) is 23.6. The van der Waals surface area contributed by atoms with Gasteiger partial charge in [-0.15, -0.1) is 0 Å². The van der Waals surface area contributed by atoms with Gasteiger partial charge in [-0.2, -0.15) is 0 Å². The summed E-state index contributed by atoms with van der Waals surface area (Å²) in [5.41, 5.74) is 6.31. The number of aliphatic carboxylic acids is 1. The highest BCUT2D eigenvalue weighted by Gasteiger charge is 2.30. The fourth-order valence-corrected chi connectivity index (χ4v) is 3.13. The van der Waals surface area contributed by atoms with Gasteiger partial charge in [0.1, 0.15) is 18.2 Å². The van der Waals surface area contributed by atoms with Crippen LogP contribution in [-0.4, -0.2) is 61.0 Å².